The molecule has 5 nitrogen and oxygen atoms in total. The number of hydrogen-bond acceptors (Lipinski definition) is 5. The molecule has 1 unspecified atom stereocenters. The van der Waals surface area contributed by atoms with Crippen molar-refractivity contribution in [1.82, 2.24) is 5.32 Å². The molecule has 0 fully saturated rings. The number of hydrogen-bond donors (Lipinski definition) is 1. The number of carbonyl (C=O) groups is 2. The summed E-state index contributed by atoms with van der Waals surface area (Å²) in [6, 6.07) is 8.36. The smallest absolute Gasteiger partial charge is 0.308 e. The molecule has 1 heterocycles. The van der Waals surface area contributed by atoms with Gasteiger partial charge in [0.25, 0.3) is 0 Å². The summed E-state index contributed by atoms with van der Waals surface area (Å²) in [4.78, 5) is 24.2. The quantitative estimate of drug-likeness (QED) is 0.530. The molecule has 1 aromatic heterocycles. The van der Waals surface area contributed by atoms with Crippen LogP contribution < -0.4 is 10.1 Å². The second kappa shape index (κ2) is 9.65. The summed E-state index contributed by atoms with van der Waals surface area (Å²) >= 11 is 13.4. The highest BCUT2D eigenvalue weighted by atomic mass is 35.5. The SMILES string of the molecule is CC(=O)NC(CC(=O)OCCOc1c(Cl)cccc1Cl)c1cccs1. The number of nitrogens with one attached hydrogen (secondary N) is 1. The molecule has 0 spiro atoms. The van der Waals surface area contributed by atoms with E-state index in [4.69, 9.17) is 32.7 Å². The maximum absolute atomic E-state index is 12.0. The lowest BCUT2D eigenvalue weighted by Crippen LogP contribution is -2.28. The zero-order valence-electron chi connectivity index (χ0n) is 13.5. The maximum Gasteiger partial charge on any atom is 0.308 e. The average Bonchev–Trinajstić information content (AvgIpc) is 3.07. The van der Waals surface area contributed by atoms with Gasteiger partial charge in [0.1, 0.15) is 13.2 Å². The lowest BCUT2D eigenvalue weighted by molar-refractivity contribution is -0.145. The van der Waals surface area contributed by atoms with Crippen LogP contribution in [0.2, 0.25) is 10.0 Å². The summed E-state index contributed by atoms with van der Waals surface area (Å²) in [5.74, 6) is -0.277. The van der Waals surface area contributed by atoms with E-state index in [9.17, 15) is 9.59 Å². The van der Waals surface area contributed by atoms with Gasteiger partial charge in [-0.15, -0.1) is 11.3 Å². The monoisotopic (exact) mass is 401 g/mol. The van der Waals surface area contributed by atoms with E-state index in [2.05, 4.69) is 5.32 Å². The first-order chi connectivity index (χ1) is 12.0. The van der Waals surface area contributed by atoms with E-state index in [-0.39, 0.29) is 25.5 Å². The lowest BCUT2D eigenvalue weighted by Gasteiger charge is -2.16. The highest BCUT2D eigenvalue weighted by Crippen LogP contribution is 2.32. The Balaban J connectivity index is 1.80. The van der Waals surface area contributed by atoms with E-state index in [1.165, 1.54) is 18.3 Å². The van der Waals surface area contributed by atoms with E-state index < -0.39 is 12.0 Å². The largest absolute Gasteiger partial charge is 0.487 e. The zero-order chi connectivity index (χ0) is 18.2. The van der Waals surface area contributed by atoms with E-state index in [1.807, 2.05) is 17.5 Å². The van der Waals surface area contributed by atoms with Gasteiger partial charge in [0.2, 0.25) is 5.91 Å². The van der Waals surface area contributed by atoms with Gasteiger partial charge in [0.15, 0.2) is 5.75 Å². The van der Waals surface area contributed by atoms with Crippen LogP contribution in [0.3, 0.4) is 0 Å². The second-order valence-electron chi connectivity index (χ2n) is 5.09. The number of thiophene rings is 1. The summed E-state index contributed by atoms with van der Waals surface area (Å²) in [5, 5.41) is 5.42. The summed E-state index contributed by atoms with van der Waals surface area (Å²) in [6.45, 7) is 1.59. The fourth-order valence-corrected chi connectivity index (χ4v) is 3.39. The van der Waals surface area contributed by atoms with Crippen molar-refractivity contribution in [2.24, 2.45) is 0 Å². The third-order valence-corrected chi connectivity index (χ3v) is 4.73. The van der Waals surface area contributed by atoms with Crippen LogP contribution in [-0.4, -0.2) is 25.1 Å². The van der Waals surface area contributed by atoms with Crippen LogP contribution in [0.1, 0.15) is 24.3 Å². The Bertz CT molecular complexity index is 701. The highest BCUT2D eigenvalue weighted by molar-refractivity contribution is 7.10. The van der Waals surface area contributed by atoms with Gasteiger partial charge >= 0.3 is 5.97 Å². The van der Waals surface area contributed by atoms with Crippen LogP contribution in [-0.2, 0) is 14.3 Å². The van der Waals surface area contributed by atoms with Gasteiger partial charge < -0.3 is 14.8 Å². The normalized spacial score (nSPS) is 11.6. The van der Waals surface area contributed by atoms with Crippen LogP contribution in [0, 0.1) is 0 Å². The molecule has 0 bridgehead atoms. The van der Waals surface area contributed by atoms with Crippen molar-refractivity contribution in [3.63, 3.8) is 0 Å². The van der Waals surface area contributed by atoms with E-state index >= 15 is 0 Å². The minimum Gasteiger partial charge on any atom is -0.487 e. The fraction of sp³-hybridized carbons (Fsp3) is 0.294. The van der Waals surface area contributed by atoms with Crippen molar-refractivity contribution in [3.05, 3.63) is 50.6 Å². The van der Waals surface area contributed by atoms with Gasteiger partial charge in [-0.3, -0.25) is 9.59 Å². The molecule has 0 saturated heterocycles. The number of para-hydroxylation sites is 1. The lowest BCUT2D eigenvalue weighted by atomic mass is 10.1. The number of esters is 1. The van der Waals surface area contributed by atoms with Crippen LogP contribution >= 0.6 is 34.5 Å². The van der Waals surface area contributed by atoms with E-state index in [1.54, 1.807) is 18.2 Å². The first kappa shape index (κ1) is 19.6. The Morgan fingerprint density at radius 3 is 2.48 bits per heavy atom. The molecule has 1 aromatic carbocycles. The second-order valence-corrected chi connectivity index (χ2v) is 6.89. The molecule has 134 valence electrons. The zero-order valence-corrected chi connectivity index (χ0v) is 15.8. The topological polar surface area (TPSA) is 64.6 Å². The van der Waals surface area contributed by atoms with E-state index in [0.717, 1.165) is 4.88 Å². The molecule has 0 saturated carbocycles. The number of carbonyl (C=O) groups excluding carboxylic acids is 2. The van der Waals surface area contributed by atoms with Crippen molar-refractivity contribution >= 4 is 46.4 Å². The first-order valence-corrected chi connectivity index (χ1v) is 9.14. The van der Waals surface area contributed by atoms with Crippen molar-refractivity contribution in [2.75, 3.05) is 13.2 Å². The molecular formula is C17H17Cl2NO4S. The predicted molar refractivity (Wildman–Crippen MR) is 98.4 cm³/mol. The van der Waals surface area contributed by atoms with Crippen LogP contribution in [0.5, 0.6) is 5.75 Å². The third-order valence-electron chi connectivity index (χ3n) is 3.15. The molecule has 0 aliphatic rings. The Labute approximate surface area is 159 Å². The average molecular weight is 402 g/mol. The molecule has 2 rings (SSSR count). The number of benzene rings is 1. The molecule has 0 aliphatic carbocycles. The minimum atomic E-state index is -0.430. The summed E-state index contributed by atoms with van der Waals surface area (Å²) in [7, 11) is 0. The molecule has 0 radical (unpaired) electrons. The Morgan fingerprint density at radius 1 is 1.16 bits per heavy atom. The predicted octanol–water partition coefficient (Wildman–Crippen LogP) is 4.24. The molecule has 1 atom stereocenters. The number of ether oxygens (including phenoxy) is 2. The number of amides is 1. The van der Waals surface area contributed by atoms with Gasteiger partial charge in [0, 0.05) is 11.8 Å². The van der Waals surface area contributed by atoms with Crippen molar-refractivity contribution in [3.8, 4) is 5.75 Å². The van der Waals surface area contributed by atoms with Crippen molar-refractivity contribution < 1.29 is 19.1 Å². The minimum absolute atomic E-state index is 0.0486. The standard InChI is InChI=1S/C17H17Cl2NO4S/c1-11(21)20-14(15-6-3-9-25-15)10-16(22)23-7-8-24-17-12(18)4-2-5-13(17)19/h2-6,9,14H,7-8,10H2,1H3,(H,20,21). The Kier molecular flexibility index (Phi) is 7.55. The van der Waals surface area contributed by atoms with Gasteiger partial charge in [-0.1, -0.05) is 35.3 Å². The summed E-state index contributed by atoms with van der Waals surface area (Å²) < 4.78 is 10.6. The van der Waals surface area contributed by atoms with Gasteiger partial charge in [-0.05, 0) is 23.6 Å². The number of halogens is 2. The van der Waals surface area contributed by atoms with Gasteiger partial charge in [-0.25, -0.2) is 0 Å². The van der Waals surface area contributed by atoms with Crippen molar-refractivity contribution in [1.29, 1.82) is 0 Å². The summed E-state index contributed by atoms with van der Waals surface area (Å²) in [5.41, 5.74) is 0. The van der Waals surface area contributed by atoms with Crippen LogP contribution in [0.15, 0.2) is 35.7 Å². The Hall–Kier alpha value is -1.76. The molecule has 0 aliphatic heterocycles. The van der Waals surface area contributed by atoms with Crippen LogP contribution in [0.4, 0.5) is 0 Å². The van der Waals surface area contributed by atoms with Crippen LogP contribution in [0.25, 0.3) is 0 Å². The van der Waals surface area contributed by atoms with Gasteiger partial charge in [-0.2, -0.15) is 0 Å². The fourth-order valence-electron chi connectivity index (χ4n) is 2.10. The van der Waals surface area contributed by atoms with Crippen molar-refractivity contribution in [2.45, 2.75) is 19.4 Å². The molecule has 25 heavy (non-hydrogen) atoms. The molecule has 8 heteroatoms. The summed E-state index contributed by atoms with van der Waals surface area (Å²) in [6.07, 6.45) is 0.0486. The molecule has 1 N–H and O–H groups in total. The van der Waals surface area contributed by atoms with E-state index in [0.29, 0.717) is 15.8 Å². The third kappa shape index (κ3) is 6.23. The maximum atomic E-state index is 12.0. The van der Waals surface area contributed by atoms with Gasteiger partial charge in [0.05, 0.1) is 22.5 Å². The molecular weight excluding hydrogens is 385 g/mol. The molecule has 1 amide bonds. The Morgan fingerprint density at radius 2 is 1.88 bits per heavy atom. The first-order valence-electron chi connectivity index (χ1n) is 7.50. The molecule has 2 aromatic rings. The highest BCUT2D eigenvalue weighted by Gasteiger charge is 2.19. The number of rotatable bonds is 8.